The van der Waals surface area contributed by atoms with Crippen molar-refractivity contribution in [3.63, 3.8) is 0 Å². The molecule has 2 heterocycles. The van der Waals surface area contributed by atoms with Gasteiger partial charge in [0.05, 0.1) is 34.9 Å². The van der Waals surface area contributed by atoms with Crippen LogP contribution in [0.4, 0.5) is 5.13 Å². The lowest BCUT2D eigenvalue weighted by Crippen LogP contribution is -2.37. The summed E-state index contributed by atoms with van der Waals surface area (Å²) < 4.78 is 39.1. The van der Waals surface area contributed by atoms with Crippen LogP contribution in [0.3, 0.4) is 0 Å². The van der Waals surface area contributed by atoms with Crippen LogP contribution in [0.1, 0.15) is 36.0 Å². The zero-order chi connectivity index (χ0) is 23.9. The number of thiazole rings is 1. The van der Waals surface area contributed by atoms with E-state index in [1.807, 2.05) is 18.2 Å². The number of nitrogens with zero attached hydrogens (tertiary/aromatic N) is 3. The Balaban J connectivity index is 1.44. The van der Waals surface area contributed by atoms with Gasteiger partial charge in [0.2, 0.25) is 10.0 Å². The largest absolute Gasteiger partial charge is 0.497 e. The molecule has 5 rings (SSSR count). The minimum atomic E-state index is -3.57. The van der Waals surface area contributed by atoms with Crippen molar-refractivity contribution in [1.29, 1.82) is 0 Å². The lowest BCUT2D eigenvalue weighted by Gasteiger charge is -2.23. The number of hydrogen-bond donors (Lipinski definition) is 0. The SMILES string of the molecule is COc1ccc2nc(N(CC3CCCO3)C(=O)c3ccc(S(=O)(=O)N(C)C4CC4)cc3)sc2c1. The van der Waals surface area contributed by atoms with Crippen molar-refractivity contribution in [3.8, 4) is 5.75 Å². The molecule has 1 atom stereocenters. The molecule has 1 saturated heterocycles. The van der Waals surface area contributed by atoms with Gasteiger partial charge in [0.25, 0.3) is 5.91 Å². The van der Waals surface area contributed by atoms with Crippen LogP contribution in [0.25, 0.3) is 10.2 Å². The van der Waals surface area contributed by atoms with Crippen LogP contribution in [0.15, 0.2) is 47.4 Å². The van der Waals surface area contributed by atoms with E-state index >= 15 is 0 Å². The van der Waals surface area contributed by atoms with Crippen LogP contribution in [0.5, 0.6) is 5.75 Å². The summed E-state index contributed by atoms with van der Waals surface area (Å²) in [6, 6.07) is 11.9. The highest BCUT2D eigenvalue weighted by molar-refractivity contribution is 7.89. The molecule has 10 heteroatoms. The van der Waals surface area contributed by atoms with Gasteiger partial charge in [0.15, 0.2) is 5.13 Å². The predicted octanol–water partition coefficient (Wildman–Crippen LogP) is 3.91. The van der Waals surface area contributed by atoms with E-state index in [4.69, 9.17) is 14.5 Å². The number of benzene rings is 2. The molecule has 3 aromatic rings. The molecule has 0 spiro atoms. The van der Waals surface area contributed by atoms with Gasteiger partial charge in [-0.25, -0.2) is 13.4 Å². The number of methoxy groups -OCH3 is 1. The molecule has 1 amide bonds. The molecule has 1 aliphatic heterocycles. The number of ether oxygens (including phenoxy) is 2. The monoisotopic (exact) mass is 501 g/mol. The third kappa shape index (κ3) is 4.55. The zero-order valence-corrected chi connectivity index (χ0v) is 20.8. The van der Waals surface area contributed by atoms with Gasteiger partial charge in [-0.1, -0.05) is 11.3 Å². The number of amides is 1. The predicted molar refractivity (Wildman–Crippen MR) is 131 cm³/mol. The molecule has 1 aromatic heterocycles. The van der Waals surface area contributed by atoms with Crippen molar-refractivity contribution in [2.24, 2.45) is 0 Å². The number of fused-ring (bicyclic) bond motifs is 1. The Kier molecular flexibility index (Phi) is 6.32. The first-order valence-corrected chi connectivity index (χ1v) is 13.6. The first-order chi connectivity index (χ1) is 16.4. The molecule has 2 aliphatic rings. The summed E-state index contributed by atoms with van der Waals surface area (Å²) in [5, 5.41) is 0.578. The highest BCUT2D eigenvalue weighted by Gasteiger charge is 2.35. The minimum Gasteiger partial charge on any atom is -0.497 e. The Bertz CT molecular complexity index is 1300. The van der Waals surface area contributed by atoms with E-state index in [9.17, 15) is 13.2 Å². The fourth-order valence-corrected chi connectivity index (χ4v) is 6.52. The Morgan fingerprint density at radius 3 is 2.59 bits per heavy atom. The van der Waals surface area contributed by atoms with Crippen molar-refractivity contribution in [2.45, 2.75) is 42.7 Å². The Morgan fingerprint density at radius 2 is 1.94 bits per heavy atom. The van der Waals surface area contributed by atoms with Crippen molar-refractivity contribution in [2.75, 3.05) is 32.2 Å². The van der Waals surface area contributed by atoms with Gasteiger partial charge in [0, 0.05) is 25.3 Å². The van der Waals surface area contributed by atoms with Crippen LogP contribution >= 0.6 is 11.3 Å². The average Bonchev–Trinajstić information content (AvgIpc) is 3.40. The summed E-state index contributed by atoms with van der Waals surface area (Å²) in [5.74, 6) is 0.494. The molecule has 2 fully saturated rings. The van der Waals surface area contributed by atoms with Crippen LogP contribution in [0, 0.1) is 0 Å². The molecule has 0 radical (unpaired) electrons. The average molecular weight is 502 g/mol. The van der Waals surface area contributed by atoms with Crippen molar-refractivity contribution < 1.29 is 22.7 Å². The van der Waals surface area contributed by atoms with Gasteiger partial charge in [-0.2, -0.15) is 4.31 Å². The van der Waals surface area contributed by atoms with E-state index in [1.54, 1.807) is 31.2 Å². The lowest BCUT2D eigenvalue weighted by molar-refractivity contribution is 0.0917. The molecule has 1 saturated carbocycles. The maximum Gasteiger partial charge on any atom is 0.260 e. The summed E-state index contributed by atoms with van der Waals surface area (Å²) in [6.07, 6.45) is 3.56. The van der Waals surface area contributed by atoms with Gasteiger partial charge in [-0.3, -0.25) is 9.69 Å². The molecule has 1 aliphatic carbocycles. The Labute approximate surface area is 203 Å². The number of rotatable bonds is 8. The number of sulfonamides is 1. The van der Waals surface area contributed by atoms with E-state index < -0.39 is 10.0 Å². The first-order valence-electron chi connectivity index (χ1n) is 11.3. The maximum atomic E-state index is 13.6. The summed E-state index contributed by atoms with van der Waals surface area (Å²) in [6.45, 7) is 1.07. The third-order valence-electron chi connectivity index (χ3n) is 6.31. The fourth-order valence-electron chi connectivity index (χ4n) is 4.10. The maximum absolute atomic E-state index is 13.6. The summed E-state index contributed by atoms with van der Waals surface area (Å²) in [4.78, 5) is 20.1. The standard InChI is InChI=1S/C24H27N3O5S2/c1-26(17-7-8-17)34(29,30)20-10-5-16(6-11-20)23(28)27(15-19-4-3-13-32-19)24-25-21-12-9-18(31-2)14-22(21)33-24/h5-6,9-12,14,17,19H,3-4,7-8,13,15H2,1-2H3. The number of anilines is 1. The second-order valence-electron chi connectivity index (χ2n) is 8.66. The lowest BCUT2D eigenvalue weighted by atomic mass is 10.2. The van der Waals surface area contributed by atoms with Gasteiger partial charge in [-0.05, 0) is 68.1 Å². The quantitative estimate of drug-likeness (QED) is 0.465. The van der Waals surface area contributed by atoms with Crippen LogP contribution < -0.4 is 9.64 Å². The summed E-state index contributed by atoms with van der Waals surface area (Å²) >= 11 is 1.42. The second kappa shape index (κ2) is 9.26. The first kappa shape index (κ1) is 23.2. The molecule has 0 bridgehead atoms. The smallest absolute Gasteiger partial charge is 0.260 e. The Morgan fingerprint density at radius 1 is 1.18 bits per heavy atom. The number of carbonyl (C=O) groups excluding carboxylic acids is 1. The van der Waals surface area contributed by atoms with E-state index in [1.165, 1.54) is 27.8 Å². The highest BCUT2D eigenvalue weighted by Crippen LogP contribution is 2.34. The van der Waals surface area contributed by atoms with Gasteiger partial charge < -0.3 is 9.47 Å². The van der Waals surface area contributed by atoms with E-state index in [0.29, 0.717) is 23.8 Å². The van der Waals surface area contributed by atoms with Crippen LogP contribution in [-0.2, 0) is 14.8 Å². The second-order valence-corrected chi connectivity index (χ2v) is 11.7. The molecular formula is C24H27N3O5S2. The number of carbonyl (C=O) groups is 1. The number of hydrogen-bond acceptors (Lipinski definition) is 7. The number of aromatic nitrogens is 1. The van der Waals surface area contributed by atoms with Gasteiger partial charge >= 0.3 is 0 Å². The normalized spacial score (nSPS) is 18.5. The fraction of sp³-hybridized carbons (Fsp3) is 0.417. The summed E-state index contributed by atoms with van der Waals surface area (Å²) in [7, 11) is -0.345. The molecule has 34 heavy (non-hydrogen) atoms. The van der Waals surface area contributed by atoms with Crippen LogP contribution in [0.2, 0.25) is 0 Å². The molecule has 180 valence electrons. The van der Waals surface area contributed by atoms with Crippen molar-refractivity contribution in [1.82, 2.24) is 9.29 Å². The van der Waals surface area contributed by atoms with E-state index in [-0.39, 0.29) is 22.9 Å². The molecule has 2 aromatic carbocycles. The molecular weight excluding hydrogens is 474 g/mol. The highest BCUT2D eigenvalue weighted by atomic mass is 32.2. The summed E-state index contributed by atoms with van der Waals surface area (Å²) in [5.41, 5.74) is 1.19. The molecule has 8 nitrogen and oxygen atoms in total. The zero-order valence-electron chi connectivity index (χ0n) is 19.1. The van der Waals surface area contributed by atoms with E-state index in [2.05, 4.69) is 0 Å². The van der Waals surface area contributed by atoms with Crippen molar-refractivity contribution in [3.05, 3.63) is 48.0 Å². The molecule has 1 unspecified atom stereocenters. The Hall–Kier alpha value is -2.53. The van der Waals surface area contributed by atoms with Crippen LogP contribution in [-0.4, -0.2) is 63.1 Å². The molecule has 0 N–H and O–H groups in total. The minimum absolute atomic E-state index is 0.0580. The van der Waals surface area contributed by atoms with E-state index in [0.717, 1.165) is 41.6 Å². The van der Waals surface area contributed by atoms with Gasteiger partial charge in [-0.15, -0.1) is 0 Å². The third-order valence-corrected chi connectivity index (χ3v) is 9.28. The van der Waals surface area contributed by atoms with Gasteiger partial charge in [0.1, 0.15) is 5.75 Å². The topological polar surface area (TPSA) is 89.0 Å². The van der Waals surface area contributed by atoms with Crippen molar-refractivity contribution >= 4 is 42.6 Å².